The van der Waals surface area contributed by atoms with Crippen LogP contribution in [0.25, 0.3) is 6.08 Å². The van der Waals surface area contributed by atoms with Gasteiger partial charge in [-0.25, -0.2) is 4.39 Å². The van der Waals surface area contributed by atoms with Gasteiger partial charge in [0.1, 0.15) is 0 Å². The van der Waals surface area contributed by atoms with E-state index in [0.717, 1.165) is 12.0 Å². The Kier molecular flexibility index (Phi) is 7.28. The van der Waals surface area contributed by atoms with Gasteiger partial charge in [-0.05, 0) is 43.9 Å². The minimum Gasteiger partial charge on any atom is -0.505 e. The summed E-state index contributed by atoms with van der Waals surface area (Å²) >= 11 is 0. The maximum absolute atomic E-state index is 13.3. The van der Waals surface area contributed by atoms with Crippen molar-refractivity contribution in [2.45, 2.75) is 45.3 Å². The van der Waals surface area contributed by atoms with Crippen molar-refractivity contribution >= 4 is 6.08 Å². The van der Waals surface area contributed by atoms with Crippen molar-refractivity contribution in [3.63, 3.8) is 0 Å². The molecule has 4 heteroatoms. The SMILES string of the molecule is C=C[C@H]([C@H](O)CC/C(=C/c1ccc(O)c(F)c1)CC)[C@@H](C)O. The molecule has 3 N–H and O–H groups in total. The van der Waals surface area contributed by atoms with Crippen molar-refractivity contribution in [1.82, 2.24) is 0 Å². The highest BCUT2D eigenvalue weighted by Gasteiger charge is 2.20. The number of rotatable bonds is 8. The van der Waals surface area contributed by atoms with Crippen LogP contribution >= 0.6 is 0 Å². The monoisotopic (exact) mass is 308 g/mol. The fraction of sp³-hybridized carbons (Fsp3) is 0.444. The molecule has 122 valence electrons. The molecule has 0 aromatic heterocycles. The Hall–Kier alpha value is -1.65. The van der Waals surface area contributed by atoms with Crippen molar-refractivity contribution in [2.24, 2.45) is 5.92 Å². The number of hydrogen-bond donors (Lipinski definition) is 3. The lowest BCUT2D eigenvalue weighted by Gasteiger charge is -2.22. The van der Waals surface area contributed by atoms with Crippen LogP contribution in [0.15, 0.2) is 36.4 Å². The third-order valence-corrected chi connectivity index (χ3v) is 3.83. The molecule has 0 heterocycles. The normalized spacial score (nSPS) is 16.1. The second-order valence-corrected chi connectivity index (χ2v) is 5.53. The molecule has 22 heavy (non-hydrogen) atoms. The van der Waals surface area contributed by atoms with Crippen LogP contribution in [0, 0.1) is 11.7 Å². The predicted molar refractivity (Wildman–Crippen MR) is 86.9 cm³/mol. The average Bonchev–Trinajstić information content (AvgIpc) is 2.47. The molecule has 0 saturated carbocycles. The number of aliphatic hydroxyl groups is 2. The van der Waals surface area contributed by atoms with Crippen LogP contribution in [-0.2, 0) is 0 Å². The van der Waals surface area contributed by atoms with Gasteiger partial charge in [-0.3, -0.25) is 0 Å². The molecule has 1 aromatic carbocycles. The van der Waals surface area contributed by atoms with Crippen molar-refractivity contribution in [3.8, 4) is 5.75 Å². The zero-order valence-corrected chi connectivity index (χ0v) is 13.2. The maximum Gasteiger partial charge on any atom is 0.165 e. The van der Waals surface area contributed by atoms with Gasteiger partial charge in [-0.2, -0.15) is 0 Å². The minimum absolute atomic E-state index is 0.357. The Labute approximate surface area is 131 Å². The van der Waals surface area contributed by atoms with E-state index < -0.39 is 18.0 Å². The van der Waals surface area contributed by atoms with E-state index in [9.17, 15) is 19.7 Å². The molecular formula is C18H25FO3. The Bertz CT molecular complexity index is 523. The van der Waals surface area contributed by atoms with Gasteiger partial charge in [0.25, 0.3) is 0 Å². The first-order chi connectivity index (χ1) is 10.4. The number of hydrogen-bond acceptors (Lipinski definition) is 3. The van der Waals surface area contributed by atoms with Crippen molar-refractivity contribution < 1.29 is 19.7 Å². The van der Waals surface area contributed by atoms with Crippen LogP contribution in [0.1, 0.15) is 38.7 Å². The van der Waals surface area contributed by atoms with Crippen LogP contribution in [0.3, 0.4) is 0 Å². The smallest absolute Gasteiger partial charge is 0.165 e. The highest BCUT2D eigenvalue weighted by Crippen LogP contribution is 2.23. The zero-order valence-electron chi connectivity index (χ0n) is 13.2. The number of aliphatic hydroxyl groups excluding tert-OH is 2. The third kappa shape index (κ3) is 5.28. The summed E-state index contributed by atoms with van der Waals surface area (Å²) in [5.41, 5.74) is 1.75. The molecule has 0 radical (unpaired) electrons. The quantitative estimate of drug-likeness (QED) is 0.642. The van der Waals surface area contributed by atoms with Crippen LogP contribution < -0.4 is 0 Å². The first kappa shape index (κ1) is 18.4. The van der Waals surface area contributed by atoms with Crippen LogP contribution in [0.2, 0.25) is 0 Å². The van der Waals surface area contributed by atoms with Crippen LogP contribution in [0.5, 0.6) is 5.75 Å². The molecule has 0 amide bonds. The Balaban J connectivity index is 2.74. The summed E-state index contributed by atoms with van der Waals surface area (Å²) in [7, 11) is 0. The van der Waals surface area contributed by atoms with Crippen molar-refractivity contribution in [1.29, 1.82) is 0 Å². The van der Waals surface area contributed by atoms with E-state index in [1.165, 1.54) is 12.1 Å². The Morgan fingerprint density at radius 2 is 2.05 bits per heavy atom. The molecule has 1 aromatic rings. The highest BCUT2D eigenvalue weighted by molar-refractivity contribution is 5.54. The molecule has 1 rings (SSSR count). The van der Waals surface area contributed by atoms with Gasteiger partial charge >= 0.3 is 0 Å². The van der Waals surface area contributed by atoms with Gasteiger partial charge in [0.05, 0.1) is 12.2 Å². The lowest BCUT2D eigenvalue weighted by Crippen LogP contribution is -2.28. The van der Waals surface area contributed by atoms with Gasteiger partial charge in [0.15, 0.2) is 11.6 Å². The molecule has 0 spiro atoms. The molecule has 0 aliphatic heterocycles. The molecule has 3 atom stereocenters. The third-order valence-electron chi connectivity index (χ3n) is 3.83. The summed E-state index contributed by atoms with van der Waals surface area (Å²) < 4.78 is 13.3. The molecule has 3 nitrogen and oxygen atoms in total. The summed E-state index contributed by atoms with van der Waals surface area (Å²) in [6, 6.07) is 4.25. The minimum atomic E-state index is -0.663. The van der Waals surface area contributed by atoms with Crippen molar-refractivity contribution in [2.75, 3.05) is 0 Å². The van der Waals surface area contributed by atoms with Crippen molar-refractivity contribution in [3.05, 3.63) is 47.8 Å². The standard InChI is InChI=1S/C18H25FO3/c1-4-13(6-8-17(21)15(5-2)12(3)20)10-14-7-9-18(22)16(19)11-14/h5,7,9-12,15,17,20-22H,2,4,6,8H2,1,3H3/b13-10+/t12-,15+,17-/m1/s1. The summed E-state index contributed by atoms with van der Waals surface area (Å²) in [5.74, 6) is -1.37. The Morgan fingerprint density at radius 1 is 1.36 bits per heavy atom. The van der Waals surface area contributed by atoms with E-state index in [-0.39, 0.29) is 11.7 Å². The first-order valence-electron chi connectivity index (χ1n) is 7.55. The van der Waals surface area contributed by atoms with E-state index in [1.54, 1.807) is 19.1 Å². The molecule has 0 bridgehead atoms. The largest absolute Gasteiger partial charge is 0.505 e. The highest BCUT2D eigenvalue weighted by atomic mass is 19.1. The van der Waals surface area contributed by atoms with E-state index in [0.29, 0.717) is 18.4 Å². The van der Waals surface area contributed by atoms with Gasteiger partial charge in [0, 0.05) is 5.92 Å². The molecular weight excluding hydrogens is 283 g/mol. The second kappa shape index (κ2) is 8.71. The number of phenolic OH excluding ortho intramolecular Hbond substituents is 1. The molecule has 0 aliphatic rings. The van der Waals surface area contributed by atoms with Gasteiger partial charge in [0.2, 0.25) is 0 Å². The van der Waals surface area contributed by atoms with E-state index in [1.807, 2.05) is 13.0 Å². The van der Waals surface area contributed by atoms with Gasteiger partial charge in [-0.1, -0.05) is 30.7 Å². The lowest BCUT2D eigenvalue weighted by molar-refractivity contribution is 0.0421. The fourth-order valence-electron chi connectivity index (χ4n) is 2.40. The number of benzene rings is 1. The van der Waals surface area contributed by atoms with Crippen LogP contribution in [-0.4, -0.2) is 27.5 Å². The number of phenols is 1. The maximum atomic E-state index is 13.3. The lowest BCUT2D eigenvalue weighted by atomic mass is 9.91. The molecule has 0 unspecified atom stereocenters. The topological polar surface area (TPSA) is 60.7 Å². The summed E-state index contributed by atoms with van der Waals surface area (Å²) in [6.45, 7) is 7.26. The summed E-state index contributed by atoms with van der Waals surface area (Å²) in [6.07, 6.45) is 4.05. The number of halogens is 1. The fourth-order valence-corrected chi connectivity index (χ4v) is 2.40. The van der Waals surface area contributed by atoms with Crippen LogP contribution in [0.4, 0.5) is 4.39 Å². The van der Waals surface area contributed by atoms with Gasteiger partial charge in [-0.15, -0.1) is 6.58 Å². The molecule has 0 aliphatic carbocycles. The number of aromatic hydroxyl groups is 1. The first-order valence-corrected chi connectivity index (χ1v) is 7.55. The molecule has 0 saturated heterocycles. The average molecular weight is 308 g/mol. The summed E-state index contributed by atoms with van der Waals surface area (Å²) in [4.78, 5) is 0. The van der Waals surface area contributed by atoms with Gasteiger partial charge < -0.3 is 15.3 Å². The van der Waals surface area contributed by atoms with E-state index >= 15 is 0 Å². The molecule has 0 fully saturated rings. The van der Waals surface area contributed by atoms with E-state index in [4.69, 9.17) is 0 Å². The second-order valence-electron chi connectivity index (χ2n) is 5.53. The van der Waals surface area contributed by atoms with E-state index in [2.05, 4.69) is 6.58 Å². The summed E-state index contributed by atoms with van der Waals surface area (Å²) in [5, 5.41) is 28.9. The predicted octanol–water partition coefficient (Wildman–Crippen LogP) is 3.65. The number of allylic oxidation sites excluding steroid dienone is 1. The zero-order chi connectivity index (χ0) is 16.7. The Morgan fingerprint density at radius 3 is 2.55 bits per heavy atom.